The standard InChI is InChI=1S/C16H25ClN2O/c17-16-6-4-5-15(13-16)14-19-10-8-18(9-11-19)7-2-1-3-12-20/h4-6,13,20H,1-3,7-12,14H2. The van der Waals surface area contributed by atoms with E-state index in [9.17, 15) is 0 Å². The van der Waals surface area contributed by atoms with Gasteiger partial charge in [0.15, 0.2) is 0 Å². The van der Waals surface area contributed by atoms with Crippen LogP contribution in [-0.4, -0.2) is 54.2 Å². The number of nitrogens with zero attached hydrogens (tertiary/aromatic N) is 2. The summed E-state index contributed by atoms with van der Waals surface area (Å²) in [5.41, 5.74) is 1.30. The summed E-state index contributed by atoms with van der Waals surface area (Å²) >= 11 is 6.02. The lowest BCUT2D eigenvalue weighted by molar-refractivity contribution is 0.125. The lowest BCUT2D eigenvalue weighted by atomic mass is 10.2. The SMILES string of the molecule is OCCCCCN1CCN(Cc2cccc(Cl)c2)CC1. The van der Waals surface area contributed by atoms with Crippen molar-refractivity contribution in [2.75, 3.05) is 39.3 Å². The van der Waals surface area contributed by atoms with E-state index in [1.807, 2.05) is 12.1 Å². The Balaban J connectivity index is 1.66. The van der Waals surface area contributed by atoms with Crippen molar-refractivity contribution in [2.24, 2.45) is 0 Å². The average molecular weight is 297 g/mol. The van der Waals surface area contributed by atoms with Crippen molar-refractivity contribution in [3.8, 4) is 0 Å². The number of halogens is 1. The zero-order valence-electron chi connectivity index (χ0n) is 12.1. The number of aliphatic hydroxyl groups is 1. The molecule has 1 aliphatic heterocycles. The van der Waals surface area contributed by atoms with Crippen LogP contribution in [0.5, 0.6) is 0 Å². The molecule has 0 aliphatic carbocycles. The van der Waals surface area contributed by atoms with Crippen LogP contribution in [0.2, 0.25) is 5.02 Å². The fourth-order valence-corrected chi connectivity index (χ4v) is 2.90. The molecule has 0 atom stereocenters. The van der Waals surface area contributed by atoms with Crippen molar-refractivity contribution in [1.82, 2.24) is 9.80 Å². The maximum absolute atomic E-state index is 8.77. The van der Waals surface area contributed by atoms with Gasteiger partial charge in [0.2, 0.25) is 0 Å². The van der Waals surface area contributed by atoms with E-state index in [4.69, 9.17) is 16.7 Å². The highest BCUT2D eigenvalue weighted by atomic mass is 35.5. The number of aliphatic hydroxyl groups excluding tert-OH is 1. The molecule has 1 fully saturated rings. The molecule has 1 heterocycles. The Bertz CT molecular complexity index is 392. The maximum atomic E-state index is 8.77. The molecule has 1 N–H and O–H groups in total. The first-order chi connectivity index (χ1) is 9.78. The summed E-state index contributed by atoms with van der Waals surface area (Å²) in [6.07, 6.45) is 3.28. The van der Waals surface area contributed by atoms with Crippen molar-refractivity contribution in [2.45, 2.75) is 25.8 Å². The van der Waals surface area contributed by atoms with E-state index in [1.165, 1.54) is 18.5 Å². The lowest BCUT2D eigenvalue weighted by Gasteiger charge is -2.34. The Morgan fingerprint density at radius 3 is 2.45 bits per heavy atom. The van der Waals surface area contributed by atoms with Crippen molar-refractivity contribution in [1.29, 1.82) is 0 Å². The minimum atomic E-state index is 0.327. The van der Waals surface area contributed by atoms with Crippen LogP contribution in [0.1, 0.15) is 24.8 Å². The van der Waals surface area contributed by atoms with Crippen molar-refractivity contribution >= 4 is 11.6 Å². The van der Waals surface area contributed by atoms with E-state index in [0.29, 0.717) is 6.61 Å². The number of benzene rings is 1. The molecule has 0 bridgehead atoms. The number of rotatable bonds is 7. The molecular weight excluding hydrogens is 272 g/mol. The Morgan fingerprint density at radius 2 is 1.75 bits per heavy atom. The van der Waals surface area contributed by atoms with Gasteiger partial charge in [0, 0.05) is 44.4 Å². The number of piperazine rings is 1. The van der Waals surface area contributed by atoms with Crippen LogP contribution in [0.25, 0.3) is 0 Å². The van der Waals surface area contributed by atoms with Crippen molar-refractivity contribution in [3.05, 3.63) is 34.9 Å². The van der Waals surface area contributed by atoms with E-state index in [0.717, 1.165) is 50.6 Å². The minimum absolute atomic E-state index is 0.327. The van der Waals surface area contributed by atoms with Crippen molar-refractivity contribution < 1.29 is 5.11 Å². The van der Waals surface area contributed by atoms with E-state index >= 15 is 0 Å². The number of unbranched alkanes of at least 4 members (excludes halogenated alkanes) is 2. The van der Waals surface area contributed by atoms with Crippen LogP contribution in [0.3, 0.4) is 0 Å². The average Bonchev–Trinajstić information content (AvgIpc) is 2.45. The molecular formula is C16H25ClN2O. The highest BCUT2D eigenvalue weighted by Gasteiger charge is 2.16. The smallest absolute Gasteiger partial charge is 0.0431 e. The third kappa shape index (κ3) is 5.41. The van der Waals surface area contributed by atoms with Crippen LogP contribution in [0, 0.1) is 0 Å². The molecule has 112 valence electrons. The second kappa shape index (κ2) is 8.63. The summed E-state index contributed by atoms with van der Waals surface area (Å²) in [5.74, 6) is 0. The number of hydrogen-bond donors (Lipinski definition) is 1. The fraction of sp³-hybridized carbons (Fsp3) is 0.625. The Labute approximate surface area is 127 Å². The third-order valence-corrected chi connectivity index (χ3v) is 4.13. The van der Waals surface area contributed by atoms with Crippen LogP contribution in [0.15, 0.2) is 24.3 Å². The van der Waals surface area contributed by atoms with E-state index in [-0.39, 0.29) is 0 Å². The van der Waals surface area contributed by atoms with Gasteiger partial charge in [0.05, 0.1) is 0 Å². The Hall–Kier alpha value is -0.610. The summed E-state index contributed by atoms with van der Waals surface area (Å²) in [5, 5.41) is 9.59. The van der Waals surface area contributed by atoms with E-state index in [1.54, 1.807) is 0 Å². The zero-order valence-corrected chi connectivity index (χ0v) is 12.9. The quantitative estimate of drug-likeness (QED) is 0.784. The molecule has 4 heteroatoms. The highest BCUT2D eigenvalue weighted by molar-refractivity contribution is 6.30. The first-order valence-corrected chi connectivity index (χ1v) is 7.96. The zero-order chi connectivity index (χ0) is 14.2. The molecule has 0 saturated carbocycles. The van der Waals surface area contributed by atoms with Gasteiger partial charge >= 0.3 is 0 Å². The summed E-state index contributed by atoms with van der Waals surface area (Å²) in [7, 11) is 0. The summed E-state index contributed by atoms with van der Waals surface area (Å²) < 4.78 is 0. The second-order valence-corrected chi connectivity index (χ2v) is 5.97. The van der Waals surface area contributed by atoms with Crippen LogP contribution in [0.4, 0.5) is 0 Å². The van der Waals surface area contributed by atoms with Crippen molar-refractivity contribution in [3.63, 3.8) is 0 Å². The van der Waals surface area contributed by atoms with Gasteiger partial charge in [0.25, 0.3) is 0 Å². The predicted molar refractivity (Wildman–Crippen MR) is 84.1 cm³/mol. The van der Waals surface area contributed by atoms with Crippen LogP contribution >= 0.6 is 11.6 Å². The van der Waals surface area contributed by atoms with E-state index < -0.39 is 0 Å². The van der Waals surface area contributed by atoms with Crippen LogP contribution in [-0.2, 0) is 6.54 Å². The number of hydrogen-bond acceptors (Lipinski definition) is 3. The van der Waals surface area contributed by atoms with Gasteiger partial charge in [-0.25, -0.2) is 0 Å². The molecule has 0 spiro atoms. The molecule has 0 amide bonds. The summed E-state index contributed by atoms with van der Waals surface area (Å²) in [6, 6.07) is 8.15. The topological polar surface area (TPSA) is 26.7 Å². The van der Waals surface area contributed by atoms with Gasteiger partial charge < -0.3 is 10.0 Å². The van der Waals surface area contributed by atoms with Gasteiger partial charge in [-0.3, -0.25) is 4.90 Å². The molecule has 1 aromatic carbocycles. The first kappa shape index (κ1) is 15.8. The largest absolute Gasteiger partial charge is 0.396 e. The molecule has 1 aromatic rings. The molecule has 3 nitrogen and oxygen atoms in total. The molecule has 0 unspecified atom stereocenters. The van der Waals surface area contributed by atoms with Gasteiger partial charge in [-0.2, -0.15) is 0 Å². The second-order valence-electron chi connectivity index (χ2n) is 5.53. The minimum Gasteiger partial charge on any atom is -0.396 e. The molecule has 2 rings (SSSR count). The Morgan fingerprint density at radius 1 is 1.00 bits per heavy atom. The van der Waals surface area contributed by atoms with E-state index in [2.05, 4.69) is 21.9 Å². The lowest BCUT2D eigenvalue weighted by Crippen LogP contribution is -2.46. The third-order valence-electron chi connectivity index (χ3n) is 3.89. The first-order valence-electron chi connectivity index (χ1n) is 7.58. The highest BCUT2D eigenvalue weighted by Crippen LogP contribution is 2.14. The maximum Gasteiger partial charge on any atom is 0.0431 e. The summed E-state index contributed by atoms with van der Waals surface area (Å²) in [4.78, 5) is 5.03. The molecule has 1 aliphatic rings. The van der Waals surface area contributed by atoms with Gasteiger partial charge in [-0.05, 0) is 43.5 Å². The molecule has 0 radical (unpaired) electrons. The fourth-order valence-electron chi connectivity index (χ4n) is 2.69. The molecule has 0 aromatic heterocycles. The summed E-state index contributed by atoms with van der Waals surface area (Å²) in [6.45, 7) is 7.07. The van der Waals surface area contributed by atoms with Gasteiger partial charge in [0.1, 0.15) is 0 Å². The predicted octanol–water partition coefficient (Wildman–Crippen LogP) is 2.62. The normalized spacial score (nSPS) is 17.5. The monoisotopic (exact) mass is 296 g/mol. The van der Waals surface area contributed by atoms with Gasteiger partial charge in [-0.1, -0.05) is 23.7 Å². The van der Waals surface area contributed by atoms with Gasteiger partial charge in [-0.15, -0.1) is 0 Å². The molecule has 20 heavy (non-hydrogen) atoms. The van der Waals surface area contributed by atoms with Crippen LogP contribution < -0.4 is 0 Å². The molecule has 1 saturated heterocycles. The Kier molecular flexibility index (Phi) is 6.80.